The van der Waals surface area contributed by atoms with Crippen molar-refractivity contribution in [2.24, 2.45) is 0 Å². The van der Waals surface area contributed by atoms with Gasteiger partial charge in [0.05, 0.1) is 0 Å². The van der Waals surface area contributed by atoms with Gasteiger partial charge < -0.3 is 0 Å². The second-order valence-electron chi connectivity index (χ2n) is 13.0. The summed E-state index contributed by atoms with van der Waals surface area (Å²) in [6, 6.07) is 0. The summed E-state index contributed by atoms with van der Waals surface area (Å²) in [4.78, 5) is 0. The molecule has 0 N–H and O–H groups in total. The summed E-state index contributed by atoms with van der Waals surface area (Å²) in [6.07, 6.45) is 48.4. The number of unbranched alkanes of at least 4 members (excludes halogenated alkanes) is 24. The Morgan fingerprint density at radius 2 is 0.378 bits per heavy atom. The zero-order chi connectivity index (χ0) is 27.1. The van der Waals surface area contributed by atoms with Crippen LogP contribution in [-0.2, 0) is 0 Å². The molecule has 0 aromatic heterocycles. The Labute approximate surface area is 239 Å². The summed E-state index contributed by atoms with van der Waals surface area (Å²) in [6.45, 7) is 9.38. The molecule has 0 saturated heterocycles. The quantitative estimate of drug-likeness (QED) is 0.0588. The van der Waals surface area contributed by atoms with Crippen molar-refractivity contribution < 1.29 is 0 Å². The van der Waals surface area contributed by atoms with Crippen molar-refractivity contribution in [2.75, 3.05) is 24.6 Å². The number of hydrogen-bond donors (Lipinski definition) is 0. The molecule has 0 aliphatic rings. The molecule has 0 aliphatic heterocycles. The van der Waals surface area contributed by atoms with E-state index in [0.717, 1.165) is 0 Å². The molecule has 0 fully saturated rings. The number of rotatable bonds is 32. The molecule has 0 amide bonds. The summed E-state index contributed by atoms with van der Waals surface area (Å²) in [5.74, 6) is 0. The molecule has 1 heteroatoms. The molecule has 0 unspecified atom stereocenters. The molecule has 0 aliphatic carbocycles. The third-order valence-corrected chi connectivity index (χ3v) is 14.9. The first-order valence-electron chi connectivity index (χ1n) is 18.2. The zero-order valence-corrected chi connectivity index (χ0v) is 28.1. The standard InChI is InChI=1S/C36H77P/c1-5-9-13-17-21-25-29-33-37(34-30-26-22-18-14-10-6-2,35-31-27-23-19-15-11-7-3)36-32-28-24-20-16-12-8-4/h37H,5-36H2,1-4H3. The molecule has 0 aromatic carbocycles. The Morgan fingerprint density at radius 1 is 0.216 bits per heavy atom. The normalized spacial score (nSPS) is 12.4. The van der Waals surface area contributed by atoms with Gasteiger partial charge in [0.1, 0.15) is 0 Å². The average molecular weight is 541 g/mol. The zero-order valence-electron chi connectivity index (χ0n) is 27.1. The second kappa shape index (κ2) is 31.0. The van der Waals surface area contributed by atoms with Crippen LogP contribution in [0, 0.1) is 0 Å². The van der Waals surface area contributed by atoms with Crippen molar-refractivity contribution >= 4 is 7.26 Å². The van der Waals surface area contributed by atoms with Crippen LogP contribution in [0.2, 0.25) is 0 Å². The molecule has 0 nitrogen and oxygen atoms in total. The fourth-order valence-electron chi connectivity index (χ4n) is 6.58. The van der Waals surface area contributed by atoms with Gasteiger partial charge in [0.15, 0.2) is 0 Å². The van der Waals surface area contributed by atoms with E-state index >= 15 is 0 Å². The Hall–Kier alpha value is 0.430. The molecule has 0 atom stereocenters. The van der Waals surface area contributed by atoms with Gasteiger partial charge in [-0.3, -0.25) is 0 Å². The molecule has 0 spiro atoms. The molecular weight excluding hydrogens is 463 g/mol. The fourth-order valence-corrected chi connectivity index (χ4v) is 12.1. The Morgan fingerprint density at radius 3 is 0.568 bits per heavy atom. The first-order valence-corrected chi connectivity index (χ1v) is 21.1. The topological polar surface area (TPSA) is 0 Å². The van der Waals surface area contributed by atoms with Crippen LogP contribution in [-0.4, -0.2) is 24.6 Å². The van der Waals surface area contributed by atoms with E-state index < -0.39 is 7.26 Å². The third-order valence-electron chi connectivity index (χ3n) is 9.24. The maximum atomic E-state index is 2.34. The van der Waals surface area contributed by atoms with Gasteiger partial charge in [-0.1, -0.05) is 0 Å². The van der Waals surface area contributed by atoms with E-state index in [9.17, 15) is 0 Å². The molecule has 0 saturated carbocycles. The van der Waals surface area contributed by atoms with Crippen LogP contribution in [0.25, 0.3) is 0 Å². The van der Waals surface area contributed by atoms with Crippen molar-refractivity contribution in [3.8, 4) is 0 Å². The van der Waals surface area contributed by atoms with Gasteiger partial charge >= 0.3 is 239 Å². The van der Waals surface area contributed by atoms with Gasteiger partial charge in [0.25, 0.3) is 0 Å². The van der Waals surface area contributed by atoms with Gasteiger partial charge in [-0.25, -0.2) is 0 Å². The molecular formula is C36H77P. The van der Waals surface area contributed by atoms with E-state index in [1.54, 1.807) is 50.3 Å². The van der Waals surface area contributed by atoms with E-state index in [1.165, 1.54) is 154 Å². The fraction of sp³-hybridized carbons (Fsp3) is 1.00. The summed E-state index contributed by atoms with van der Waals surface area (Å²) in [5.41, 5.74) is 0. The van der Waals surface area contributed by atoms with Crippen molar-refractivity contribution in [1.82, 2.24) is 0 Å². The summed E-state index contributed by atoms with van der Waals surface area (Å²) in [7, 11) is -1.10. The molecule has 0 aromatic rings. The minimum absolute atomic E-state index is 1.10. The van der Waals surface area contributed by atoms with Crippen molar-refractivity contribution in [3.05, 3.63) is 0 Å². The predicted molar refractivity (Wildman–Crippen MR) is 180 cm³/mol. The van der Waals surface area contributed by atoms with Crippen LogP contribution < -0.4 is 0 Å². The SMILES string of the molecule is CCCCCCCCC[PH](CCCCCCCCC)(CCCCCCCCC)CCCCCCCCC. The third kappa shape index (κ3) is 26.4. The van der Waals surface area contributed by atoms with Gasteiger partial charge in [-0.15, -0.1) is 0 Å². The molecule has 0 bridgehead atoms. The Kier molecular flexibility index (Phi) is 31.3. The molecule has 0 rings (SSSR count). The Balaban J connectivity index is 4.78. The van der Waals surface area contributed by atoms with Crippen LogP contribution in [0.5, 0.6) is 0 Å². The van der Waals surface area contributed by atoms with E-state index in [2.05, 4.69) is 27.7 Å². The van der Waals surface area contributed by atoms with Gasteiger partial charge in [0.2, 0.25) is 0 Å². The molecule has 0 heterocycles. The predicted octanol–water partition coefficient (Wildman–Crippen LogP) is 13.7. The van der Waals surface area contributed by atoms with Gasteiger partial charge in [-0.05, 0) is 0 Å². The molecule has 226 valence electrons. The second-order valence-corrected chi connectivity index (χ2v) is 18.0. The monoisotopic (exact) mass is 541 g/mol. The summed E-state index contributed by atoms with van der Waals surface area (Å²) >= 11 is 0. The van der Waals surface area contributed by atoms with Crippen LogP contribution in [0.1, 0.15) is 207 Å². The van der Waals surface area contributed by atoms with Crippen LogP contribution in [0.3, 0.4) is 0 Å². The number of hydrogen-bond acceptors (Lipinski definition) is 0. The van der Waals surface area contributed by atoms with E-state index in [1.807, 2.05) is 0 Å². The summed E-state index contributed by atoms with van der Waals surface area (Å²) < 4.78 is 0. The average Bonchev–Trinajstić information content (AvgIpc) is 2.91. The Bertz CT molecular complexity index is 326. The van der Waals surface area contributed by atoms with Crippen molar-refractivity contribution in [3.63, 3.8) is 0 Å². The first-order chi connectivity index (χ1) is 18.2. The maximum absolute atomic E-state index is 2.34. The van der Waals surface area contributed by atoms with E-state index in [0.29, 0.717) is 0 Å². The van der Waals surface area contributed by atoms with Crippen LogP contribution in [0.15, 0.2) is 0 Å². The summed E-state index contributed by atoms with van der Waals surface area (Å²) in [5, 5.41) is 0. The van der Waals surface area contributed by atoms with Crippen molar-refractivity contribution in [1.29, 1.82) is 0 Å². The first kappa shape index (κ1) is 37.4. The van der Waals surface area contributed by atoms with Gasteiger partial charge in [-0.2, -0.15) is 0 Å². The van der Waals surface area contributed by atoms with Crippen LogP contribution >= 0.6 is 7.26 Å². The van der Waals surface area contributed by atoms with E-state index in [4.69, 9.17) is 0 Å². The molecule has 0 radical (unpaired) electrons. The minimum atomic E-state index is -1.10. The van der Waals surface area contributed by atoms with Crippen molar-refractivity contribution in [2.45, 2.75) is 207 Å². The van der Waals surface area contributed by atoms with Gasteiger partial charge in [0, 0.05) is 0 Å². The van der Waals surface area contributed by atoms with Crippen LogP contribution in [0.4, 0.5) is 0 Å². The van der Waals surface area contributed by atoms with E-state index in [-0.39, 0.29) is 0 Å². The molecule has 37 heavy (non-hydrogen) atoms.